The van der Waals surface area contributed by atoms with E-state index in [-0.39, 0.29) is 41.7 Å². The van der Waals surface area contributed by atoms with E-state index in [1.54, 1.807) is 47.0 Å². The van der Waals surface area contributed by atoms with Crippen LogP contribution in [0.4, 0.5) is 0 Å². The maximum atomic E-state index is 11.7. The second-order valence-electron chi connectivity index (χ2n) is 6.63. The molecule has 10 nitrogen and oxygen atoms in total. The Hall–Kier alpha value is 1.05. The van der Waals surface area contributed by atoms with Gasteiger partial charge in [0.15, 0.2) is 0 Å². The number of ether oxygens (including phenoxy) is 3. The third-order valence-electron chi connectivity index (χ3n) is 3.68. The van der Waals surface area contributed by atoms with Crippen LogP contribution in [0.3, 0.4) is 0 Å². The van der Waals surface area contributed by atoms with E-state index in [0.29, 0.717) is 49.3 Å². The summed E-state index contributed by atoms with van der Waals surface area (Å²) in [7, 11) is 0. The molecule has 0 spiro atoms. The van der Waals surface area contributed by atoms with E-state index in [4.69, 9.17) is 34.2 Å². The first-order chi connectivity index (χ1) is 19.1. The molecule has 18 heteroatoms. The minimum Gasteiger partial charge on any atom is -0.455 e. The van der Waals surface area contributed by atoms with E-state index in [1.165, 1.54) is 23.5 Å². The first kappa shape index (κ1) is 40.1. The molecule has 2 N–H and O–H groups in total. The smallest absolute Gasteiger partial charge is 0.307 e. The lowest BCUT2D eigenvalue weighted by Gasteiger charge is -2.06. The molecule has 0 unspecified atom stereocenters. The van der Waals surface area contributed by atoms with Crippen LogP contribution in [-0.2, 0) is 38.4 Å². The highest BCUT2D eigenvalue weighted by Gasteiger charge is 2.05. The van der Waals surface area contributed by atoms with E-state index in [9.17, 15) is 14.4 Å². The molecule has 0 saturated heterocycles. The molecule has 0 aromatic rings. The third-order valence-corrected chi connectivity index (χ3v) is 11.2. The summed E-state index contributed by atoms with van der Waals surface area (Å²) in [6.07, 6.45) is 1.94. The summed E-state index contributed by atoms with van der Waals surface area (Å²) in [6.45, 7) is 0.519. The third kappa shape index (κ3) is 33.4. The van der Waals surface area contributed by atoms with Crippen molar-refractivity contribution in [3.05, 3.63) is 0 Å². The van der Waals surface area contributed by atoms with E-state index < -0.39 is 0 Å². The fourth-order valence-electron chi connectivity index (χ4n) is 1.91. The van der Waals surface area contributed by atoms with E-state index in [0.717, 1.165) is 56.7 Å². The summed E-state index contributed by atoms with van der Waals surface area (Å²) >= 11 is 12.1. The molecule has 39 heavy (non-hydrogen) atoms. The van der Waals surface area contributed by atoms with Crippen LogP contribution in [-0.4, -0.2) is 109 Å². The molecule has 0 aliphatic rings. The van der Waals surface area contributed by atoms with Gasteiger partial charge >= 0.3 is 17.9 Å². The van der Waals surface area contributed by atoms with Gasteiger partial charge in [-0.3, -0.25) is 14.4 Å². The molecule has 0 saturated carbocycles. The number of aliphatic hydroxyl groups is 2. The van der Waals surface area contributed by atoms with Crippen molar-refractivity contribution in [2.45, 2.75) is 25.7 Å². The Labute approximate surface area is 265 Å². The van der Waals surface area contributed by atoms with Crippen LogP contribution in [0.15, 0.2) is 0 Å². The normalized spacial score (nSPS) is 10.9. The van der Waals surface area contributed by atoms with Crippen molar-refractivity contribution in [1.82, 2.24) is 0 Å². The fraction of sp³-hybridized carbons (Fsp3) is 0.857. The van der Waals surface area contributed by atoms with Crippen LogP contribution in [0.25, 0.3) is 0 Å². The molecule has 230 valence electrons. The van der Waals surface area contributed by atoms with E-state index in [1.807, 2.05) is 0 Å². The number of rotatable bonds is 30. The van der Waals surface area contributed by atoms with Crippen molar-refractivity contribution >= 4 is 112 Å². The van der Waals surface area contributed by atoms with Gasteiger partial charge in [-0.1, -0.05) is 23.5 Å². The highest BCUT2D eigenvalue weighted by molar-refractivity contribution is 8.16. The highest BCUT2D eigenvalue weighted by Crippen LogP contribution is 2.17. The quantitative estimate of drug-likeness (QED) is 0.0269. The number of hydrogen-bond donors (Lipinski definition) is 2. The average Bonchev–Trinajstić information content (AvgIpc) is 2.92. The fourth-order valence-corrected chi connectivity index (χ4v) is 7.94. The second kappa shape index (κ2) is 33.6. The first-order valence-electron chi connectivity index (χ1n) is 11.6. The largest absolute Gasteiger partial charge is 0.455 e. The van der Waals surface area contributed by atoms with Gasteiger partial charge < -0.3 is 24.4 Å². The molecule has 0 atom stereocenters. The minimum atomic E-state index is -0.269. The van der Waals surface area contributed by atoms with Crippen LogP contribution in [0.1, 0.15) is 25.7 Å². The zero-order valence-electron chi connectivity index (χ0n) is 21.7. The van der Waals surface area contributed by atoms with Crippen molar-refractivity contribution in [2.75, 3.05) is 80.5 Å². The summed E-state index contributed by atoms with van der Waals surface area (Å²) < 4.78 is 15.0. The van der Waals surface area contributed by atoms with Gasteiger partial charge in [0.05, 0.1) is 37.7 Å². The Balaban J connectivity index is 3.24. The Kier molecular flexibility index (Phi) is 34.5. The number of esters is 3. The highest BCUT2D eigenvalue weighted by atomic mass is 32.2. The first-order valence-corrected chi connectivity index (χ1v) is 20.9. The van der Waals surface area contributed by atoms with Crippen molar-refractivity contribution in [3.63, 3.8) is 0 Å². The van der Waals surface area contributed by atoms with Crippen LogP contribution < -0.4 is 0 Å². The molecule has 0 rings (SSSR count). The maximum absolute atomic E-state index is 11.7. The predicted molar refractivity (Wildman–Crippen MR) is 172 cm³/mol. The molecule has 0 amide bonds. The molecule has 0 bridgehead atoms. The molecule has 0 aromatic carbocycles. The summed E-state index contributed by atoms with van der Waals surface area (Å²) in [5.74, 6) is 3.25. The van der Waals surface area contributed by atoms with Crippen molar-refractivity contribution in [1.29, 1.82) is 0 Å². The van der Waals surface area contributed by atoms with E-state index in [2.05, 4.69) is 0 Å². The van der Waals surface area contributed by atoms with Gasteiger partial charge in [-0.15, -0.1) is 23.5 Å². The van der Waals surface area contributed by atoms with Crippen molar-refractivity contribution in [3.8, 4) is 0 Å². The van der Waals surface area contributed by atoms with Gasteiger partial charge in [0.2, 0.25) is 0 Å². The van der Waals surface area contributed by atoms with Gasteiger partial charge in [0.1, 0.15) is 23.8 Å². The second-order valence-corrected chi connectivity index (χ2v) is 15.8. The summed E-state index contributed by atoms with van der Waals surface area (Å²) in [5.41, 5.74) is 0. The van der Waals surface area contributed by atoms with Crippen molar-refractivity contribution < 1.29 is 48.6 Å². The summed E-state index contributed by atoms with van der Waals surface area (Å²) in [4.78, 5) is 44.8. The molecule has 0 aliphatic heterocycles. The Bertz CT molecular complexity index is 595. The molecule has 0 aromatic heterocycles. The monoisotopic (exact) mass is 706 g/mol. The Morgan fingerprint density at radius 1 is 0.487 bits per heavy atom. The molecule has 0 heterocycles. The lowest BCUT2D eigenvalue weighted by atomic mass is 10.5. The van der Waals surface area contributed by atoms with Crippen LogP contribution in [0.5, 0.6) is 0 Å². The lowest BCUT2D eigenvalue weighted by molar-refractivity contribution is -0.278. The molecule has 0 aliphatic carbocycles. The predicted octanol–water partition coefficient (Wildman–Crippen LogP) is 4.59. The number of hydrogen-bond acceptors (Lipinski definition) is 18. The Morgan fingerprint density at radius 2 is 0.897 bits per heavy atom. The lowest BCUT2D eigenvalue weighted by Crippen LogP contribution is -2.06. The summed E-state index contributed by atoms with van der Waals surface area (Å²) in [6, 6.07) is 0. The summed E-state index contributed by atoms with van der Waals surface area (Å²) in [5, 5.41) is 19.6. The average molecular weight is 707 g/mol. The van der Waals surface area contributed by atoms with Crippen LogP contribution in [0.2, 0.25) is 0 Å². The number of aliphatic hydroxyl groups excluding tert-OH is 2. The van der Waals surface area contributed by atoms with E-state index >= 15 is 0 Å². The zero-order chi connectivity index (χ0) is 28.7. The zero-order valence-corrected chi connectivity index (χ0v) is 28.2. The number of thioether (sulfide) groups is 8. The van der Waals surface area contributed by atoms with Gasteiger partial charge in [0, 0.05) is 32.5 Å². The van der Waals surface area contributed by atoms with Gasteiger partial charge in [-0.2, -0.15) is 47.0 Å². The topological polar surface area (TPSA) is 138 Å². The van der Waals surface area contributed by atoms with Crippen LogP contribution >= 0.6 is 94.1 Å². The molecular formula is C21H38O10S8. The Morgan fingerprint density at radius 3 is 1.38 bits per heavy atom. The molecular weight excluding hydrogens is 669 g/mol. The van der Waals surface area contributed by atoms with Crippen molar-refractivity contribution in [2.24, 2.45) is 0 Å². The minimum absolute atomic E-state index is 0.0507. The van der Waals surface area contributed by atoms with Gasteiger partial charge in [0.25, 0.3) is 0 Å². The van der Waals surface area contributed by atoms with Gasteiger partial charge in [-0.05, 0) is 12.2 Å². The molecule has 0 fully saturated rings. The SMILES string of the molecule is O=C(CCSCSCCCOOCSCSCOC(=O)CCSCSCCC(=O)OCSCO)OCSCO. The van der Waals surface area contributed by atoms with Crippen LogP contribution in [0, 0.1) is 0 Å². The van der Waals surface area contributed by atoms with Gasteiger partial charge in [-0.25, -0.2) is 9.78 Å². The maximum Gasteiger partial charge on any atom is 0.307 e. The molecule has 0 radical (unpaired) electrons. The number of carbonyl (C=O) groups excluding carboxylic acids is 3. The number of carbonyl (C=O) groups is 3. The standard InChI is InChI=1S/C21H38O10S8/c22-10-36-12-27-19(24)2-7-33-16-32-6-1-5-30-31-15-39-18-38-14-29-21(26)4-9-35-17-34-8-3-20(25)28-13-37-11-23/h22-23H,1-18H2.